The van der Waals surface area contributed by atoms with Gasteiger partial charge in [-0.25, -0.2) is 13.6 Å². The molecule has 0 saturated heterocycles. The van der Waals surface area contributed by atoms with Crippen LogP contribution < -0.4 is 9.64 Å². The second kappa shape index (κ2) is 5.03. The molecule has 0 radical (unpaired) electrons. The molecule has 1 spiro atoms. The number of anilines is 1. The van der Waals surface area contributed by atoms with Crippen molar-refractivity contribution in [1.82, 2.24) is 0 Å². The molecule has 1 N–H and O–H groups in total. The van der Waals surface area contributed by atoms with Crippen molar-refractivity contribution in [2.24, 2.45) is 0 Å². The smallest absolute Gasteiger partial charge is 0.340 e. The van der Waals surface area contributed by atoms with Crippen LogP contribution in [0.15, 0.2) is 82.9 Å². The average Bonchev–Trinajstić information content (AvgIpc) is 2.65. The van der Waals surface area contributed by atoms with Gasteiger partial charge >= 0.3 is 5.97 Å². The first-order valence-corrected chi connectivity index (χ1v) is 8.17. The molecule has 2 aliphatic carbocycles. The van der Waals surface area contributed by atoms with Gasteiger partial charge in [-0.15, -0.1) is 0 Å². The number of aliphatic carboxylic acids is 1. The SMILES string of the molecule is O=C(O)C1=C2C=CC=CC23Oc2ccccc2N2C3=C(C=C(F)C2F)C1=O. The Morgan fingerprint density at radius 3 is 2.81 bits per heavy atom. The van der Waals surface area contributed by atoms with E-state index in [1.165, 1.54) is 6.08 Å². The maximum Gasteiger partial charge on any atom is 0.340 e. The summed E-state index contributed by atoms with van der Waals surface area (Å²) in [7, 11) is 0. The third kappa shape index (κ3) is 1.80. The van der Waals surface area contributed by atoms with Crippen molar-refractivity contribution in [1.29, 1.82) is 0 Å². The molecule has 0 aromatic heterocycles. The number of ether oxygens (including phenoxy) is 1. The summed E-state index contributed by atoms with van der Waals surface area (Å²) in [6.45, 7) is 0. The molecule has 2 aliphatic heterocycles. The number of allylic oxidation sites excluding steroid dienone is 4. The number of para-hydroxylation sites is 2. The third-order valence-corrected chi connectivity index (χ3v) is 5.04. The normalized spacial score (nSPS) is 27.6. The van der Waals surface area contributed by atoms with Gasteiger partial charge in [0.1, 0.15) is 11.3 Å². The maximum atomic E-state index is 14.9. The van der Waals surface area contributed by atoms with Crippen molar-refractivity contribution in [3.05, 3.63) is 82.9 Å². The summed E-state index contributed by atoms with van der Waals surface area (Å²) < 4.78 is 35.5. The first kappa shape index (κ1) is 15.7. The highest BCUT2D eigenvalue weighted by Gasteiger charge is 2.56. The number of carbonyl (C=O) groups is 2. The zero-order valence-corrected chi connectivity index (χ0v) is 13.6. The number of carboxylic acids is 1. The number of fused-ring (bicyclic) bond motifs is 2. The molecule has 1 aromatic rings. The molecule has 7 heteroatoms. The van der Waals surface area contributed by atoms with Crippen molar-refractivity contribution >= 4 is 17.4 Å². The van der Waals surface area contributed by atoms with E-state index in [-0.39, 0.29) is 28.3 Å². The number of benzene rings is 1. The molecule has 27 heavy (non-hydrogen) atoms. The maximum absolute atomic E-state index is 14.9. The van der Waals surface area contributed by atoms with E-state index >= 15 is 0 Å². The Morgan fingerprint density at radius 2 is 2.04 bits per heavy atom. The minimum atomic E-state index is -2.15. The summed E-state index contributed by atoms with van der Waals surface area (Å²) in [5.74, 6) is -3.24. The summed E-state index contributed by atoms with van der Waals surface area (Å²) in [6.07, 6.45) is 4.83. The van der Waals surface area contributed by atoms with Gasteiger partial charge in [0.2, 0.25) is 12.1 Å². The molecule has 0 fully saturated rings. The van der Waals surface area contributed by atoms with Gasteiger partial charge < -0.3 is 14.7 Å². The highest BCUT2D eigenvalue weighted by Crippen LogP contribution is 2.54. The fourth-order valence-electron chi connectivity index (χ4n) is 3.99. The van der Waals surface area contributed by atoms with Gasteiger partial charge in [-0.3, -0.25) is 4.79 Å². The summed E-state index contributed by atoms with van der Waals surface area (Å²) in [4.78, 5) is 25.8. The van der Waals surface area contributed by atoms with Crippen molar-refractivity contribution in [3.63, 3.8) is 0 Å². The second-order valence-electron chi connectivity index (χ2n) is 6.44. The number of alkyl halides is 1. The largest absolute Gasteiger partial charge is 0.478 e. The molecule has 2 unspecified atom stereocenters. The number of hydrogen-bond donors (Lipinski definition) is 1. The van der Waals surface area contributed by atoms with Crippen LogP contribution in [0.3, 0.4) is 0 Å². The first-order valence-electron chi connectivity index (χ1n) is 8.17. The van der Waals surface area contributed by atoms with Gasteiger partial charge in [-0.2, -0.15) is 0 Å². The molecule has 134 valence electrons. The highest BCUT2D eigenvalue weighted by molar-refractivity contribution is 6.27. The van der Waals surface area contributed by atoms with Gasteiger partial charge in [0.05, 0.1) is 17.0 Å². The molecule has 5 nitrogen and oxygen atoms in total. The molecule has 2 heterocycles. The quantitative estimate of drug-likeness (QED) is 0.610. The Morgan fingerprint density at radius 1 is 1.26 bits per heavy atom. The fourth-order valence-corrected chi connectivity index (χ4v) is 3.99. The van der Waals surface area contributed by atoms with Crippen molar-refractivity contribution < 1.29 is 28.2 Å². The summed E-state index contributed by atoms with van der Waals surface area (Å²) >= 11 is 0. The molecule has 0 amide bonds. The number of ketones is 1. The van der Waals surface area contributed by atoms with E-state index in [2.05, 4.69) is 0 Å². The van der Waals surface area contributed by atoms with Crippen LogP contribution in [0.4, 0.5) is 14.5 Å². The van der Waals surface area contributed by atoms with Gasteiger partial charge in [0, 0.05) is 5.57 Å². The molecular weight excluding hydrogens is 356 g/mol. The Kier molecular flexibility index (Phi) is 2.94. The lowest BCUT2D eigenvalue weighted by atomic mass is 9.72. The first-order chi connectivity index (χ1) is 13.0. The van der Waals surface area contributed by atoms with Crippen LogP contribution in [-0.2, 0) is 9.59 Å². The van der Waals surface area contributed by atoms with E-state index in [1.807, 2.05) is 0 Å². The Hall–Kier alpha value is -3.48. The number of hydrogen-bond acceptors (Lipinski definition) is 4. The van der Waals surface area contributed by atoms with Crippen LogP contribution in [0.2, 0.25) is 0 Å². The van der Waals surface area contributed by atoms with Crippen molar-refractivity contribution in [3.8, 4) is 5.75 Å². The fraction of sp³-hybridized carbons (Fsp3) is 0.100. The van der Waals surface area contributed by atoms with E-state index in [1.54, 1.807) is 42.5 Å². The molecule has 4 aliphatic rings. The van der Waals surface area contributed by atoms with Gasteiger partial charge in [-0.05, 0) is 24.3 Å². The minimum absolute atomic E-state index is 0.0840. The molecule has 0 saturated carbocycles. The lowest BCUT2D eigenvalue weighted by Crippen LogP contribution is -2.56. The zero-order chi connectivity index (χ0) is 18.9. The number of carboxylic acid groups (broad SMARTS) is 1. The minimum Gasteiger partial charge on any atom is -0.478 e. The molecular formula is C20H11F2NO4. The second-order valence-corrected chi connectivity index (χ2v) is 6.44. The van der Waals surface area contributed by atoms with Crippen molar-refractivity contribution in [2.45, 2.75) is 11.9 Å². The molecule has 2 atom stereocenters. The van der Waals surface area contributed by atoms with Crippen molar-refractivity contribution in [2.75, 3.05) is 4.90 Å². The Bertz CT molecular complexity index is 1090. The number of rotatable bonds is 1. The van der Waals surface area contributed by atoms with E-state index < -0.39 is 35.0 Å². The van der Waals surface area contributed by atoms with Crippen LogP contribution in [0.5, 0.6) is 5.75 Å². The lowest BCUT2D eigenvalue weighted by molar-refractivity contribution is -0.134. The topological polar surface area (TPSA) is 66.8 Å². The Labute approximate surface area is 151 Å². The van der Waals surface area contributed by atoms with E-state index in [4.69, 9.17) is 4.74 Å². The third-order valence-electron chi connectivity index (χ3n) is 5.04. The summed E-state index contributed by atoms with van der Waals surface area (Å²) in [5, 5.41) is 9.63. The van der Waals surface area contributed by atoms with Gasteiger partial charge in [0.25, 0.3) is 0 Å². The molecule has 5 rings (SSSR count). The molecule has 1 aromatic carbocycles. The predicted octanol–water partition coefficient (Wildman–Crippen LogP) is 3.13. The van der Waals surface area contributed by atoms with Crippen LogP contribution >= 0.6 is 0 Å². The lowest BCUT2D eigenvalue weighted by Gasteiger charge is -2.50. The van der Waals surface area contributed by atoms with Gasteiger partial charge in [-0.1, -0.05) is 30.4 Å². The van der Waals surface area contributed by atoms with Crippen LogP contribution in [0, 0.1) is 0 Å². The predicted molar refractivity (Wildman–Crippen MR) is 91.3 cm³/mol. The molecule has 0 bridgehead atoms. The number of Topliss-reactive ketones (excluding diaryl/α,β-unsaturated/α-hetero) is 1. The van der Waals surface area contributed by atoms with Crippen LogP contribution in [0.25, 0.3) is 0 Å². The Balaban J connectivity index is 1.92. The average molecular weight is 367 g/mol. The number of halogens is 2. The van der Waals surface area contributed by atoms with E-state index in [0.717, 1.165) is 11.0 Å². The number of carbonyl (C=O) groups excluding carboxylic acids is 1. The van der Waals surface area contributed by atoms with E-state index in [0.29, 0.717) is 0 Å². The van der Waals surface area contributed by atoms with Gasteiger partial charge in [0.15, 0.2) is 11.4 Å². The zero-order valence-electron chi connectivity index (χ0n) is 13.6. The number of nitrogens with zero attached hydrogens (tertiary/aromatic N) is 1. The summed E-state index contributed by atoms with van der Waals surface area (Å²) in [6, 6.07) is 6.46. The van der Waals surface area contributed by atoms with E-state index in [9.17, 15) is 23.5 Å². The standard InChI is InChI=1S/C20H11F2NO4/c21-12-9-10-16(24)15(19(25)26)11-5-3-4-8-20(11)17(10)23(18(12)22)13-6-1-2-7-14(13)27-20/h1-9,18H,(H,25,26). The highest BCUT2D eigenvalue weighted by atomic mass is 19.2. The monoisotopic (exact) mass is 367 g/mol. The van der Waals surface area contributed by atoms with Crippen LogP contribution in [0.1, 0.15) is 0 Å². The summed E-state index contributed by atoms with van der Waals surface area (Å²) in [5.41, 5.74) is -1.83. The van der Waals surface area contributed by atoms with Crippen LogP contribution in [-0.4, -0.2) is 28.8 Å².